The number of amides is 4. The molecule has 7 nitrogen and oxygen atoms in total. The summed E-state index contributed by atoms with van der Waals surface area (Å²) in [4.78, 5) is 38.2. The number of allylic oxidation sites excluding steroid dienone is 1. The van der Waals surface area contributed by atoms with Gasteiger partial charge in [-0.05, 0) is 37.1 Å². The quantitative estimate of drug-likeness (QED) is 0.698. The number of aliphatic carboxylic acids is 1. The third-order valence-electron chi connectivity index (χ3n) is 4.74. The van der Waals surface area contributed by atoms with E-state index in [0.717, 1.165) is 10.5 Å². The summed E-state index contributed by atoms with van der Waals surface area (Å²) in [5, 5.41) is 15.5. The maximum atomic E-state index is 12.8. The zero-order valence-electron chi connectivity index (χ0n) is 15.8. The van der Waals surface area contributed by atoms with E-state index in [1.54, 1.807) is 31.2 Å². The van der Waals surface area contributed by atoms with Crippen molar-refractivity contribution >= 4 is 29.6 Å². The van der Waals surface area contributed by atoms with Gasteiger partial charge in [0.25, 0.3) is 0 Å². The summed E-state index contributed by atoms with van der Waals surface area (Å²) >= 11 is 6.01. The molecule has 150 valence electrons. The lowest BCUT2D eigenvalue weighted by Crippen LogP contribution is -2.53. The third kappa shape index (κ3) is 4.25. The van der Waals surface area contributed by atoms with E-state index in [1.807, 2.05) is 30.3 Å². The van der Waals surface area contributed by atoms with Gasteiger partial charge in [-0.15, -0.1) is 0 Å². The molecule has 0 saturated heterocycles. The summed E-state index contributed by atoms with van der Waals surface area (Å²) in [5.41, 5.74) is 1.31. The number of nitrogens with zero attached hydrogens (tertiary/aromatic N) is 1. The van der Waals surface area contributed by atoms with Crippen LogP contribution in [0.5, 0.6) is 0 Å². The van der Waals surface area contributed by atoms with Gasteiger partial charge in [-0.2, -0.15) is 0 Å². The Labute approximate surface area is 173 Å². The maximum Gasteiger partial charge on any atom is 0.335 e. The summed E-state index contributed by atoms with van der Waals surface area (Å²) in [6, 6.07) is 13.1. The Morgan fingerprint density at radius 1 is 1.17 bits per heavy atom. The molecule has 0 radical (unpaired) electrons. The minimum absolute atomic E-state index is 0.0454. The number of halogens is 1. The van der Waals surface area contributed by atoms with Gasteiger partial charge in [0.05, 0.1) is 17.7 Å². The minimum atomic E-state index is -1.23. The predicted octanol–water partition coefficient (Wildman–Crippen LogP) is 4.24. The van der Waals surface area contributed by atoms with E-state index in [9.17, 15) is 19.5 Å². The predicted molar refractivity (Wildman–Crippen MR) is 108 cm³/mol. The normalized spacial score (nSPS) is 17.6. The van der Waals surface area contributed by atoms with Crippen molar-refractivity contribution in [1.82, 2.24) is 15.5 Å². The molecule has 2 atom stereocenters. The number of hydrogen-bond acceptors (Lipinski definition) is 3. The van der Waals surface area contributed by atoms with Crippen LogP contribution in [0.3, 0.4) is 0 Å². The number of carbonyl (C=O) groups excluding carboxylic acids is 2. The van der Waals surface area contributed by atoms with Crippen LogP contribution in [0.1, 0.15) is 37.1 Å². The Morgan fingerprint density at radius 3 is 2.48 bits per heavy atom. The number of hydrogen-bond donors (Lipinski definition) is 3. The van der Waals surface area contributed by atoms with Crippen molar-refractivity contribution in [2.45, 2.75) is 25.9 Å². The second-order valence-corrected chi connectivity index (χ2v) is 7.10. The Bertz CT molecular complexity index is 990. The van der Waals surface area contributed by atoms with Gasteiger partial charge in [0.15, 0.2) is 0 Å². The lowest BCUT2D eigenvalue weighted by Gasteiger charge is -2.34. The first-order valence-electron chi connectivity index (χ1n) is 8.95. The fourth-order valence-corrected chi connectivity index (χ4v) is 3.47. The maximum absolute atomic E-state index is 12.8. The molecule has 0 saturated carbocycles. The molecule has 1 aliphatic heterocycles. The van der Waals surface area contributed by atoms with Crippen LogP contribution in [0.2, 0.25) is 5.02 Å². The van der Waals surface area contributed by atoms with Gasteiger partial charge in [-0.3, -0.25) is 0 Å². The second kappa shape index (κ2) is 8.36. The molecule has 8 heteroatoms. The van der Waals surface area contributed by atoms with Crippen LogP contribution in [0.4, 0.5) is 9.59 Å². The summed E-state index contributed by atoms with van der Waals surface area (Å²) in [5.74, 6) is -1.23. The van der Waals surface area contributed by atoms with Gasteiger partial charge in [-0.25, -0.2) is 19.3 Å². The number of imide groups is 1. The third-order valence-corrected chi connectivity index (χ3v) is 4.97. The van der Waals surface area contributed by atoms with Crippen LogP contribution in [-0.4, -0.2) is 28.0 Å². The highest BCUT2D eigenvalue weighted by molar-refractivity contribution is 6.30. The van der Waals surface area contributed by atoms with E-state index in [0.29, 0.717) is 10.6 Å². The average molecular weight is 414 g/mol. The van der Waals surface area contributed by atoms with Crippen molar-refractivity contribution in [1.29, 1.82) is 0 Å². The summed E-state index contributed by atoms with van der Waals surface area (Å²) in [6.45, 7) is 3.22. The number of nitrogens with one attached hydrogen (secondary N) is 2. The molecule has 0 aromatic heterocycles. The second-order valence-electron chi connectivity index (χ2n) is 6.66. The van der Waals surface area contributed by atoms with E-state index in [2.05, 4.69) is 10.6 Å². The lowest BCUT2D eigenvalue weighted by atomic mass is 9.95. The van der Waals surface area contributed by atoms with Crippen molar-refractivity contribution < 1.29 is 19.5 Å². The molecule has 1 aliphatic rings. The highest BCUT2D eigenvalue weighted by Gasteiger charge is 2.38. The van der Waals surface area contributed by atoms with Gasteiger partial charge >= 0.3 is 18.0 Å². The Morgan fingerprint density at radius 2 is 1.86 bits per heavy atom. The number of carbonyl (C=O) groups is 3. The first-order valence-corrected chi connectivity index (χ1v) is 9.33. The standard InChI is InChI=1S/C21H20ClN3O4/c1-12(14-7-4-3-5-8-14)23-20(28)25-13(2)17(19(26)27)18(24-21(25)29)15-9-6-10-16(22)11-15/h3-12,18H,1-2H3,(H,23,28)(H,24,29)(H,26,27). The number of carboxylic acids is 1. The molecule has 0 spiro atoms. The van der Waals surface area contributed by atoms with Crippen molar-refractivity contribution in [3.05, 3.63) is 82.0 Å². The topological polar surface area (TPSA) is 98.7 Å². The zero-order chi connectivity index (χ0) is 21.1. The van der Waals surface area contributed by atoms with E-state index < -0.39 is 24.1 Å². The first-order chi connectivity index (χ1) is 13.8. The number of urea groups is 2. The minimum Gasteiger partial charge on any atom is -0.478 e. The molecule has 4 amide bonds. The molecule has 1 heterocycles. The van der Waals surface area contributed by atoms with Crippen molar-refractivity contribution in [3.8, 4) is 0 Å². The first kappa shape index (κ1) is 20.4. The number of carboxylic acid groups (broad SMARTS) is 1. The highest BCUT2D eigenvalue weighted by Crippen LogP contribution is 2.32. The molecule has 0 fully saturated rings. The summed E-state index contributed by atoms with van der Waals surface area (Å²) < 4.78 is 0. The monoisotopic (exact) mass is 413 g/mol. The molecule has 2 aromatic rings. The van der Waals surface area contributed by atoms with Gasteiger partial charge in [0.2, 0.25) is 0 Å². The average Bonchev–Trinajstić information content (AvgIpc) is 2.67. The molecular formula is C21H20ClN3O4. The number of rotatable bonds is 4. The molecule has 2 aromatic carbocycles. The number of benzene rings is 2. The molecule has 29 heavy (non-hydrogen) atoms. The van der Waals surface area contributed by atoms with Gasteiger partial charge < -0.3 is 15.7 Å². The molecule has 3 N–H and O–H groups in total. The van der Waals surface area contributed by atoms with Crippen molar-refractivity contribution in [2.24, 2.45) is 0 Å². The lowest BCUT2D eigenvalue weighted by molar-refractivity contribution is -0.133. The van der Waals surface area contributed by atoms with Crippen LogP contribution in [0.25, 0.3) is 0 Å². The molecular weight excluding hydrogens is 394 g/mol. The Kier molecular flexibility index (Phi) is 5.89. The fraction of sp³-hybridized carbons (Fsp3) is 0.190. The van der Waals surface area contributed by atoms with E-state index in [-0.39, 0.29) is 17.3 Å². The van der Waals surface area contributed by atoms with Crippen LogP contribution in [0, 0.1) is 0 Å². The van der Waals surface area contributed by atoms with E-state index in [1.165, 1.54) is 6.92 Å². The smallest absolute Gasteiger partial charge is 0.335 e. The van der Waals surface area contributed by atoms with Gasteiger partial charge in [0.1, 0.15) is 0 Å². The zero-order valence-corrected chi connectivity index (χ0v) is 16.6. The fourth-order valence-electron chi connectivity index (χ4n) is 3.28. The van der Waals surface area contributed by atoms with Crippen LogP contribution < -0.4 is 10.6 Å². The van der Waals surface area contributed by atoms with Crippen molar-refractivity contribution in [3.63, 3.8) is 0 Å². The van der Waals surface area contributed by atoms with Gasteiger partial charge in [0, 0.05) is 10.7 Å². The van der Waals surface area contributed by atoms with E-state index in [4.69, 9.17) is 11.6 Å². The molecule has 3 rings (SSSR count). The molecule has 0 aliphatic carbocycles. The van der Waals surface area contributed by atoms with Crippen LogP contribution in [0.15, 0.2) is 65.9 Å². The van der Waals surface area contributed by atoms with E-state index >= 15 is 0 Å². The highest BCUT2D eigenvalue weighted by atomic mass is 35.5. The van der Waals surface area contributed by atoms with Crippen molar-refractivity contribution in [2.75, 3.05) is 0 Å². The Balaban J connectivity index is 1.93. The van der Waals surface area contributed by atoms with Gasteiger partial charge in [-0.1, -0.05) is 54.1 Å². The summed E-state index contributed by atoms with van der Waals surface area (Å²) in [6.07, 6.45) is 0. The van der Waals surface area contributed by atoms with Crippen LogP contribution in [-0.2, 0) is 4.79 Å². The largest absolute Gasteiger partial charge is 0.478 e. The summed E-state index contributed by atoms with van der Waals surface area (Å²) in [7, 11) is 0. The van der Waals surface area contributed by atoms with Crippen LogP contribution >= 0.6 is 11.6 Å². The molecule has 0 bridgehead atoms. The Hall–Kier alpha value is -3.32. The molecule has 2 unspecified atom stereocenters. The SMILES string of the molecule is CC1=C(C(=O)O)C(c2cccc(Cl)c2)NC(=O)N1C(=O)NC(C)c1ccccc1.